The van der Waals surface area contributed by atoms with Crippen molar-refractivity contribution in [1.82, 2.24) is 15.6 Å². The molecule has 0 bridgehead atoms. The van der Waals surface area contributed by atoms with E-state index in [1.54, 1.807) is 18.4 Å². The molecule has 1 heterocycles. The lowest BCUT2D eigenvalue weighted by atomic mass is 10.2. The Morgan fingerprint density at radius 2 is 2.14 bits per heavy atom. The Morgan fingerprint density at radius 1 is 1.43 bits per heavy atom. The average Bonchev–Trinajstić information content (AvgIpc) is 2.91. The Kier molecular flexibility index (Phi) is 7.52. The van der Waals surface area contributed by atoms with Crippen molar-refractivity contribution in [2.24, 2.45) is 4.99 Å². The lowest BCUT2D eigenvalue weighted by Gasteiger charge is -2.23. The van der Waals surface area contributed by atoms with Crippen LogP contribution in [-0.2, 0) is 6.42 Å². The molecule has 6 heteroatoms. The van der Waals surface area contributed by atoms with E-state index in [1.807, 2.05) is 11.8 Å². The molecule has 0 saturated carbocycles. The highest BCUT2D eigenvalue weighted by Crippen LogP contribution is 2.20. The third-order valence-corrected chi connectivity index (χ3v) is 5.64. The van der Waals surface area contributed by atoms with Crippen LogP contribution in [0.5, 0.6) is 0 Å². The summed E-state index contributed by atoms with van der Waals surface area (Å²) in [7, 11) is 1.81. The SMILES string of the molecule is CN=C(NCCc1csc(C(C)C)n1)NCC(C)(C)SC. The molecule has 1 rings (SSSR count). The first-order valence-electron chi connectivity index (χ1n) is 7.32. The van der Waals surface area contributed by atoms with Crippen LogP contribution >= 0.6 is 23.1 Å². The zero-order chi connectivity index (χ0) is 15.9. The van der Waals surface area contributed by atoms with Gasteiger partial charge >= 0.3 is 0 Å². The quantitative estimate of drug-likeness (QED) is 0.596. The first-order chi connectivity index (χ1) is 9.88. The normalized spacial score (nSPS) is 12.8. The minimum Gasteiger partial charge on any atom is -0.356 e. The van der Waals surface area contributed by atoms with Gasteiger partial charge in [-0.1, -0.05) is 13.8 Å². The molecule has 0 saturated heterocycles. The number of guanidine groups is 1. The molecule has 0 radical (unpaired) electrons. The summed E-state index contributed by atoms with van der Waals surface area (Å²) in [4.78, 5) is 8.90. The molecule has 1 aromatic rings. The number of aliphatic imine (C=N–C) groups is 1. The standard InChI is InChI=1S/C15H28N4S2/c1-11(2)13-19-12(9-21-13)7-8-17-14(16-5)18-10-15(3,4)20-6/h9,11H,7-8,10H2,1-6H3,(H2,16,17,18). The van der Waals surface area contributed by atoms with Crippen molar-refractivity contribution in [3.05, 3.63) is 16.1 Å². The van der Waals surface area contributed by atoms with E-state index < -0.39 is 0 Å². The molecule has 2 N–H and O–H groups in total. The summed E-state index contributed by atoms with van der Waals surface area (Å²) < 4.78 is 0.207. The molecule has 1 aromatic heterocycles. The third kappa shape index (κ3) is 6.70. The number of hydrogen-bond donors (Lipinski definition) is 2. The first kappa shape index (κ1) is 18.3. The van der Waals surface area contributed by atoms with Crippen molar-refractivity contribution in [1.29, 1.82) is 0 Å². The summed E-state index contributed by atoms with van der Waals surface area (Å²) in [5, 5.41) is 10.1. The monoisotopic (exact) mass is 328 g/mol. The second-order valence-electron chi connectivity index (χ2n) is 5.90. The van der Waals surface area contributed by atoms with E-state index in [2.05, 4.69) is 59.9 Å². The lowest BCUT2D eigenvalue weighted by Crippen LogP contribution is -2.43. The fraction of sp³-hybridized carbons (Fsp3) is 0.733. The highest BCUT2D eigenvalue weighted by Gasteiger charge is 2.16. The smallest absolute Gasteiger partial charge is 0.191 e. The van der Waals surface area contributed by atoms with Crippen LogP contribution in [0.25, 0.3) is 0 Å². The van der Waals surface area contributed by atoms with E-state index in [9.17, 15) is 0 Å². The Labute approximate surface area is 137 Å². The molecular weight excluding hydrogens is 300 g/mol. The molecule has 21 heavy (non-hydrogen) atoms. The number of nitrogens with one attached hydrogen (secondary N) is 2. The van der Waals surface area contributed by atoms with Gasteiger partial charge in [0.25, 0.3) is 0 Å². The van der Waals surface area contributed by atoms with Crippen LogP contribution in [0.15, 0.2) is 10.4 Å². The molecule has 0 unspecified atom stereocenters. The molecule has 0 fully saturated rings. The van der Waals surface area contributed by atoms with Gasteiger partial charge in [-0.2, -0.15) is 11.8 Å². The Balaban J connectivity index is 2.35. The van der Waals surface area contributed by atoms with Gasteiger partial charge in [0.05, 0.1) is 10.7 Å². The van der Waals surface area contributed by atoms with Gasteiger partial charge in [-0.05, 0) is 20.1 Å². The van der Waals surface area contributed by atoms with Gasteiger partial charge in [0.1, 0.15) is 0 Å². The molecule has 0 spiro atoms. The highest BCUT2D eigenvalue weighted by molar-refractivity contribution is 7.99. The summed E-state index contributed by atoms with van der Waals surface area (Å²) in [6.45, 7) is 10.5. The maximum Gasteiger partial charge on any atom is 0.191 e. The fourth-order valence-corrected chi connectivity index (χ4v) is 2.69. The van der Waals surface area contributed by atoms with Gasteiger partial charge in [-0.3, -0.25) is 4.99 Å². The summed E-state index contributed by atoms with van der Waals surface area (Å²) in [5.41, 5.74) is 1.16. The van der Waals surface area contributed by atoms with Crippen LogP contribution in [0, 0.1) is 0 Å². The molecule has 0 aliphatic rings. The van der Waals surface area contributed by atoms with E-state index in [0.717, 1.165) is 31.2 Å². The second-order valence-corrected chi connectivity index (χ2v) is 8.30. The van der Waals surface area contributed by atoms with Crippen LogP contribution in [-0.4, -0.2) is 42.1 Å². The summed E-state index contributed by atoms with van der Waals surface area (Å²) >= 11 is 3.60. The van der Waals surface area contributed by atoms with Gasteiger partial charge in [0, 0.05) is 42.6 Å². The number of thiazole rings is 1. The van der Waals surface area contributed by atoms with Crippen molar-refractivity contribution in [3.8, 4) is 0 Å². The maximum atomic E-state index is 4.65. The van der Waals surface area contributed by atoms with E-state index in [1.165, 1.54) is 5.01 Å². The zero-order valence-electron chi connectivity index (χ0n) is 14.0. The summed E-state index contributed by atoms with van der Waals surface area (Å²) in [6.07, 6.45) is 3.06. The van der Waals surface area contributed by atoms with Gasteiger partial charge in [0.2, 0.25) is 0 Å². The Hall–Kier alpha value is -0.750. The van der Waals surface area contributed by atoms with Crippen molar-refractivity contribution < 1.29 is 0 Å². The Morgan fingerprint density at radius 3 is 2.67 bits per heavy atom. The molecule has 0 atom stereocenters. The topological polar surface area (TPSA) is 49.3 Å². The third-order valence-electron chi connectivity index (χ3n) is 3.19. The zero-order valence-corrected chi connectivity index (χ0v) is 15.6. The molecule has 0 aromatic carbocycles. The van der Waals surface area contributed by atoms with Crippen molar-refractivity contribution in [2.45, 2.75) is 44.8 Å². The maximum absolute atomic E-state index is 4.65. The molecule has 0 aliphatic carbocycles. The van der Waals surface area contributed by atoms with Crippen LogP contribution < -0.4 is 10.6 Å². The van der Waals surface area contributed by atoms with E-state index in [4.69, 9.17) is 0 Å². The van der Waals surface area contributed by atoms with Crippen LogP contribution in [0.1, 0.15) is 44.3 Å². The number of hydrogen-bond acceptors (Lipinski definition) is 4. The van der Waals surface area contributed by atoms with Gasteiger partial charge in [0.15, 0.2) is 5.96 Å². The minimum absolute atomic E-state index is 0.207. The number of nitrogens with zero attached hydrogens (tertiary/aromatic N) is 2. The first-order valence-corrected chi connectivity index (χ1v) is 9.42. The molecule has 4 nitrogen and oxygen atoms in total. The van der Waals surface area contributed by atoms with E-state index >= 15 is 0 Å². The predicted octanol–water partition coefficient (Wildman–Crippen LogP) is 3.12. The number of thioether (sulfide) groups is 1. The minimum atomic E-state index is 0.207. The number of rotatable bonds is 7. The largest absolute Gasteiger partial charge is 0.356 e. The average molecular weight is 329 g/mol. The Bertz CT molecular complexity index is 452. The van der Waals surface area contributed by atoms with Gasteiger partial charge in [-0.15, -0.1) is 11.3 Å². The molecule has 0 amide bonds. The van der Waals surface area contributed by atoms with Crippen molar-refractivity contribution in [3.63, 3.8) is 0 Å². The van der Waals surface area contributed by atoms with E-state index in [0.29, 0.717) is 5.92 Å². The molecule has 0 aliphatic heterocycles. The fourth-order valence-electron chi connectivity index (χ4n) is 1.60. The van der Waals surface area contributed by atoms with Crippen molar-refractivity contribution >= 4 is 29.1 Å². The molecule has 120 valence electrons. The summed E-state index contributed by atoms with van der Waals surface area (Å²) in [6, 6.07) is 0. The van der Waals surface area contributed by atoms with E-state index in [-0.39, 0.29) is 4.75 Å². The lowest BCUT2D eigenvalue weighted by molar-refractivity contribution is 0.663. The van der Waals surface area contributed by atoms with Gasteiger partial charge < -0.3 is 10.6 Å². The van der Waals surface area contributed by atoms with Crippen LogP contribution in [0.3, 0.4) is 0 Å². The molecular formula is C15H28N4S2. The predicted molar refractivity (Wildman–Crippen MR) is 96.9 cm³/mol. The van der Waals surface area contributed by atoms with Crippen LogP contribution in [0.2, 0.25) is 0 Å². The van der Waals surface area contributed by atoms with Crippen molar-refractivity contribution in [2.75, 3.05) is 26.4 Å². The van der Waals surface area contributed by atoms with Gasteiger partial charge in [-0.25, -0.2) is 4.98 Å². The second kappa shape index (κ2) is 8.63. The van der Waals surface area contributed by atoms with Crippen LogP contribution in [0.4, 0.5) is 0 Å². The highest BCUT2D eigenvalue weighted by atomic mass is 32.2. The number of aromatic nitrogens is 1. The summed E-state index contributed by atoms with van der Waals surface area (Å²) in [5.74, 6) is 1.37.